The molecule has 3 atom stereocenters. The van der Waals surface area contributed by atoms with E-state index in [-0.39, 0.29) is 5.66 Å². The summed E-state index contributed by atoms with van der Waals surface area (Å²) in [6, 6.07) is 0. The fraction of sp³-hybridized carbons (Fsp3) is 0.833. The van der Waals surface area contributed by atoms with Crippen LogP contribution in [0.4, 0.5) is 0 Å². The van der Waals surface area contributed by atoms with Gasteiger partial charge in [0.2, 0.25) is 0 Å². The Kier molecular flexibility index (Phi) is 1.59. The molecule has 0 amide bonds. The fourth-order valence-corrected chi connectivity index (χ4v) is 4.43. The molecule has 3 nitrogen and oxygen atoms in total. The Morgan fingerprint density at radius 1 is 1.20 bits per heavy atom. The summed E-state index contributed by atoms with van der Waals surface area (Å²) in [6.45, 7) is 2.58. The summed E-state index contributed by atoms with van der Waals surface area (Å²) < 4.78 is 0. The average Bonchev–Trinajstić information content (AvgIpc) is 2.26. The molecule has 3 unspecified atom stereocenters. The third kappa shape index (κ3) is 1.03. The minimum atomic E-state index is 0.155. The van der Waals surface area contributed by atoms with E-state index in [4.69, 9.17) is 4.84 Å². The molecule has 0 aromatic carbocycles. The van der Waals surface area contributed by atoms with Gasteiger partial charge in [-0.3, -0.25) is 4.90 Å². The first-order valence-corrected chi connectivity index (χ1v) is 6.20. The molecule has 4 bridgehead atoms. The van der Waals surface area contributed by atoms with Crippen LogP contribution in [0.1, 0.15) is 25.7 Å². The first-order valence-electron chi connectivity index (χ1n) is 6.20. The van der Waals surface area contributed by atoms with Crippen LogP contribution in [-0.4, -0.2) is 23.7 Å². The molecule has 1 saturated carbocycles. The molecule has 0 aromatic rings. The second kappa shape index (κ2) is 2.77. The molecule has 3 saturated heterocycles. The van der Waals surface area contributed by atoms with Crippen LogP contribution in [0.2, 0.25) is 0 Å². The average molecular weight is 206 g/mol. The van der Waals surface area contributed by atoms with E-state index in [0.717, 1.165) is 24.2 Å². The van der Waals surface area contributed by atoms with Crippen molar-refractivity contribution in [1.29, 1.82) is 0 Å². The number of nitrogens with zero attached hydrogens (tertiary/aromatic N) is 1. The highest BCUT2D eigenvalue weighted by Crippen LogP contribution is 2.52. The van der Waals surface area contributed by atoms with Gasteiger partial charge in [0.05, 0.1) is 0 Å². The minimum Gasteiger partial charge on any atom is -0.415 e. The van der Waals surface area contributed by atoms with Gasteiger partial charge in [-0.2, -0.15) is 0 Å². The van der Waals surface area contributed by atoms with E-state index < -0.39 is 0 Å². The lowest BCUT2D eigenvalue weighted by Crippen LogP contribution is -2.73. The van der Waals surface area contributed by atoms with Crippen molar-refractivity contribution < 1.29 is 4.84 Å². The molecule has 15 heavy (non-hydrogen) atoms. The van der Waals surface area contributed by atoms with Crippen molar-refractivity contribution >= 4 is 0 Å². The summed E-state index contributed by atoms with van der Waals surface area (Å²) in [5.74, 6) is 2.76. The third-order valence-corrected chi connectivity index (χ3v) is 4.93. The van der Waals surface area contributed by atoms with Gasteiger partial charge in [-0.1, -0.05) is 0 Å². The SMILES string of the molecule is C1=CONC2(C1)C1CC3CC(C1)CN2C3. The number of rotatable bonds is 0. The molecule has 82 valence electrons. The zero-order valence-corrected chi connectivity index (χ0v) is 8.98. The lowest BCUT2D eigenvalue weighted by atomic mass is 9.61. The molecule has 4 heterocycles. The van der Waals surface area contributed by atoms with Crippen molar-refractivity contribution in [3.8, 4) is 0 Å². The summed E-state index contributed by atoms with van der Waals surface area (Å²) in [4.78, 5) is 8.04. The second-order valence-electron chi connectivity index (χ2n) is 5.76. The molecule has 1 spiro atoms. The fourth-order valence-electron chi connectivity index (χ4n) is 4.43. The molecular formula is C12H18N2O. The van der Waals surface area contributed by atoms with Crippen LogP contribution in [0.5, 0.6) is 0 Å². The molecule has 1 aliphatic carbocycles. The molecule has 0 aromatic heterocycles. The Morgan fingerprint density at radius 2 is 2.00 bits per heavy atom. The quantitative estimate of drug-likeness (QED) is 0.650. The molecule has 1 N–H and O–H groups in total. The van der Waals surface area contributed by atoms with Crippen LogP contribution in [-0.2, 0) is 4.84 Å². The smallest absolute Gasteiger partial charge is 0.112 e. The highest BCUT2D eigenvalue weighted by Gasteiger charge is 2.56. The first-order chi connectivity index (χ1) is 7.37. The van der Waals surface area contributed by atoms with E-state index in [9.17, 15) is 0 Å². The molecule has 5 rings (SSSR count). The lowest BCUT2D eigenvalue weighted by Gasteiger charge is -2.62. The van der Waals surface area contributed by atoms with E-state index in [2.05, 4.69) is 16.5 Å². The number of nitrogens with one attached hydrogen (secondary N) is 1. The molecule has 4 aliphatic heterocycles. The highest BCUT2D eigenvalue weighted by molar-refractivity contribution is 5.10. The number of hydroxylamine groups is 1. The van der Waals surface area contributed by atoms with Crippen molar-refractivity contribution in [2.24, 2.45) is 17.8 Å². The second-order valence-corrected chi connectivity index (χ2v) is 5.76. The maximum Gasteiger partial charge on any atom is 0.112 e. The number of hydrogen-bond donors (Lipinski definition) is 1. The van der Waals surface area contributed by atoms with Gasteiger partial charge in [0.1, 0.15) is 11.9 Å². The summed E-state index contributed by atoms with van der Waals surface area (Å²) in [7, 11) is 0. The molecule has 4 fully saturated rings. The zero-order valence-electron chi connectivity index (χ0n) is 8.98. The van der Waals surface area contributed by atoms with Gasteiger partial charge < -0.3 is 4.84 Å². The van der Waals surface area contributed by atoms with E-state index in [1.165, 1.54) is 32.4 Å². The van der Waals surface area contributed by atoms with Gasteiger partial charge >= 0.3 is 0 Å². The van der Waals surface area contributed by atoms with Crippen molar-refractivity contribution in [2.45, 2.75) is 31.3 Å². The van der Waals surface area contributed by atoms with E-state index >= 15 is 0 Å². The van der Waals surface area contributed by atoms with Gasteiger partial charge in [-0.25, -0.2) is 0 Å². The standard InChI is InChI=1S/C12H18N2O/c1-2-12(13-15-3-1)11-5-9-4-10(6-11)8-14(12)7-9/h1,3,9-11,13H,2,4-8H2. The zero-order chi connectivity index (χ0) is 9.88. The predicted molar refractivity (Wildman–Crippen MR) is 56.6 cm³/mol. The van der Waals surface area contributed by atoms with E-state index in [1.807, 2.05) is 0 Å². The third-order valence-electron chi connectivity index (χ3n) is 4.93. The van der Waals surface area contributed by atoms with E-state index in [0.29, 0.717) is 0 Å². The normalized spacial score (nSPS) is 56.0. The van der Waals surface area contributed by atoms with E-state index in [1.54, 1.807) is 6.26 Å². The van der Waals surface area contributed by atoms with Crippen LogP contribution in [0.3, 0.4) is 0 Å². The Balaban J connectivity index is 1.72. The first kappa shape index (κ1) is 8.59. The van der Waals surface area contributed by atoms with Crippen molar-refractivity contribution in [2.75, 3.05) is 13.1 Å². The highest BCUT2D eigenvalue weighted by atomic mass is 16.6. The van der Waals surface area contributed by atoms with Gasteiger partial charge in [-0.15, -0.1) is 5.48 Å². The van der Waals surface area contributed by atoms with Crippen LogP contribution < -0.4 is 5.48 Å². The van der Waals surface area contributed by atoms with Gasteiger partial charge in [0, 0.05) is 19.5 Å². The Bertz CT molecular complexity index is 285. The maximum absolute atomic E-state index is 5.38. The van der Waals surface area contributed by atoms with Crippen molar-refractivity contribution in [3.05, 3.63) is 12.3 Å². The van der Waals surface area contributed by atoms with Crippen molar-refractivity contribution in [3.63, 3.8) is 0 Å². The molecule has 3 heteroatoms. The Hall–Kier alpha value is -0.540. The maximum atomic E-state index is 5.38. The Labute approximate surface area is 90.4 Å². The van der Waals surface area contributed by atoms with Gasteiger partial charge in [-0.05, 0) is 43.1 Å². The number of hydrogen-bond acceptors (Lipinski definition) is 3. The minimum absolute atomic E-state index is 0.155. The lowest BCUT2D eigenvalue weighted by molar-refractivity contribution is -0.191. The topological polar surface area (TPSA) is 24.5 Å². The van der Waals surface area contributed by atoms with Crippen molar-refractivity contribution in [1.82, 2.24) is 10.4 Å². The Morgan fingerprint density at radius 3 is 2.60 bits per heavy atom. The summed E-state index contributed by atoms with van der Waals surface area (Å²) in [6.07, 6.45) is 9.40. The van der Waals surface area contributed by atoms with Gasteiger partial charge in [0.25, 0.3) is 0 Å². The monoisotopic (exact) mass is 206 g/mol. The molecular weight excluding hydrogens is 188 g/mol. The molecule has 5 aliphatic rings. The van der Waals surface area contributed by atoms with Gasteiger partial charge in [0.15, 0.2) is 0 Å². The van der Waals surface area contributed by atoms with Crippen LogP contribution in [0, 0.1) is 17.8 Å². The predicted octanol–water partition coefficient (Wildman–Crippen LogP) is 1.48. The largest absolute Gasteiger partial charge is 0.415 e. The molecule has 0 radical (unpaired) electrons. The summed E-state index contributed by atoms with van der Waals surface area (Å²) >= 11 is 0. The van der Waals surface area contributed by atoms with Crippen LogP contribution >= 0.6 is 0 Å². The van der Waals surface area contributed by atoms with Crippen LogP contribution in [0.15, 0.2) is 12.3 Å². The van der Waals surface area contributed by atoms with Crippen LogP contribution in [0.25, 0.3) is 0 Å². The summed E-state index contributed by atoms with van der Waals surface area (Å²) in [5, 5.41) is 0. The summed E-state index contributed by atoms with van der Waals surface area (Å²) in [5.41, 5.74) is 3.47. The number of piperidine rings is 3.